The van der Waals surface area contributed by atoms with Crippen molar-refractivity contribution in [3.05, 3.63) is 24.3 Å². The number of esters is 2. The van der Waals surface area contributed by atoms with Gasteiger partial charge in [0.1, 0.15) is 23.1 Å². The number of allylic oxidation sites excluding steroid dienone is 2. The fourth-order valence-corrected chi connectivity index (χ4v) is 13.2. The molecule has 2 N–H and O–H groups in total. The summed E-state index contributed by atoms with van der Waals surface area (Å²) in [5.74, 6) is -2.45. The number of nitrogens with zero attached hydrogens (tertiary/aromatic N) is 2. The molecule has 0 bridgehead atoms. The number of quaternary nitrogens is 1. The Hall–Kier alpha value is -2.07. The molecular weight excluding hydrogens is 560 g/mol. The van der Waals surface area contributed by atoms with Crippen molar-refractivity contribution in [2.45, 2.75) is 87.2 Å². The fraction of sp³-hybridized carbons (Fsp3) is 0.800. The van der Waals surface area contributed by atoms with Crippen molar-refractivity contribution in [2.75, 3.05) is 41.3 Å². The van der Waals surface area contributed by atoms with E-state index in [1.807, 2.05) is 19.0 Å². The minimum Gasteiger partial charge on any atom is -0.461 e. The van der Waals surface area contributed by atoms with E-state index < -0.39 is 51.6 Å². The summed E-state index contributed by atoms with van der Waals surface area (Å²) < 4.78 is 13.2. The van der Waals surface area contributed by atoms with E-state index in [2.05, 4.69) is 34.2 Å². The maximum Gasteiger partial charge on any atom is 0.321 e. The lowest BCUT2D eigenvalue weighted by Gasteiger charge is -2.60. The zero-order valence-corrected chi connectivity index (χ0v) is 26.9. The number of rotatable bonds is 2. The van der Waals surface area contributed by atoms with Gasteiger partial charge in [-0.3, -0.25) is 14.4 Å². The van der Waals surface area contributed by atoms with Crippen LogP contribution in [0.25, 0.3) is 0 Å². The van der Waals surface area contributed by atoms with E-state index in [-0.39, 0.29) is 60.7 Å². The van der Waals surface area contributed by atoms with Gasteiger partial charge in [0.2, 0.25) is 0 Å². The molecule has 9 nitrogen and oxygen atoms in total. The third kappa shape index (κ3) is 2.92. The van der Waals surface area contributed by atoms with Crippen molar-refractivity contribution >= 4 is 17.7 Å². The molecular formula is C35H49N2O7+. The van der Waals surface area contributed by atoms with Crippen LogP contribution < -0.4 is 0 Å². The summed E-state index contributed by atoms with van der Waals surface area (Å²) in [5, 5.41) is 26.6. The normalized spacial score (nSPS) is 55.0. The van der Waals surface area contributed by atoms with Crippen molar-refractivity contribution in [3.63, 3.8) is 0 Å². The van der Waals surface area contributed by atoms with Crippen molar-refractivity contribution in [1.82, 2.24) is 4.90 Å². The molecule has 9 heteroatoms. The van der Waals surface area contributed by atoms with E-state index in [0.717, 1.165) is 24.0 Å². The molecule has 0 radical (unpaired) electrons. The number of carbonyl (C=O) groups excluding carboxylic acids is 3. The highest BCUT2D eigenvalue weighted by Gasteiger charge is 2.89. The van der Waals surface area contributed by atoms with Gasteiger partial charge in [-0.2, -0.15) is 0 Å². The van der Waals surface area contributed by atoms with Crippen molar-refractivity contribution in [2.24, 2.45) is 46.3 Å². The minimum absolute atomic E-state index is 0.0544. The molecule has 5 aliphatic carbocycles. The largest absolute Gasteiger partial charge is 0.461 e. The quantitative estimate of drug-likeness (QED) is 0.279. The average Bonchev–Trinajstić information content (AvgIpc) is 3.55. The first-order valence-corrected chi connectivity index (χ1v) is 16.7. The van der Waals surface area contributed by atoms with E-state index in [9.17, 15) is 24.6 Å². The van der Waals surface area contributed by atoms with Crippen LogP contribution in [0.1, 0.15) is 58.3 Å². The Morgan fingerprint density at radius 2 is 1.75 bits per heavy atom. The van der Waals surface area contributed by atoms with Crippen LogP contribution in [0.5, 0.6) is 0 Å². The van der Waals surface area contributed by atoms with Crippen molar-refractivity contribution in [1.29, 1.82) is 0 Å². The number of carbonyl (C=O) groups is 3. The fourth-order valence-electron chi connectivity index (χ4n) is 13.2. The maximum absolute atomic E-state index is 14.6. The van der Waals surface area contributed by atoms with Gasteiger partial charge >= 0.3 is 11.9 Å². The number of aliphatic hydroxyl groups is 2. The molecule has 2 unspecified atom stereocenters. The molecule has 3 saturated heterocycles. The first-order chi connectivity index (χ1) is 20.5. The molecule has 5 saturated carbocycles. The number of hydrogen-bond donors (Lipinski definition) is 2. The number of likely N-dealkylation sites (tertiary alicyclic amines) is 1. The van der Waals surface area contributed by atoms with Gasteiger partial charge in [0.15, 0.2) is 17.6 Å². The lowest BCUT2D eigenvalue weighted by Crippen LogP contribution is -2.79. The molecule has 8 rings (SSSR count). The lowest BCUT2D eigenvalue weighted by molar-refractivity contribution is -0.994. The number of hydrogen-bond acceptors (Lipinski definition) is 8. The standard InChI is InChI=1S/C35H49N2O7/c1-18-8-9-20-22(15-36(4)5)29(39)43-26(20)25-21(18)14-24(38)32(25)12-13-34(41)27-28-33(23(30(40)44-28)16-37(33,6)7)11-10-19(2)31(27,3)17-35(32,34)42/h20-23,25-28,41-42H,1-2,8-17H2,3-7H3/q+1/t20-,21-,22?,23?,25-,26-,27+,28+,31-,32+,33+,34-,35-/m0/s1. The molecule has 13 atom stereocenters. The number of likely N-dealkylation sites (N-methyl/N-ethyl adjacent to an activating group) is 1. The second-order valence-corrected chi connectivity index (χ2v) is 17.1. The first-order valence-electron chi connectivity index (χ1n) is 16.7. The van der Waals surface area contributed by atoms with E-state index >= 15 is 0 Å². The predicted molar refractivity (Wildman–Crippen MR) is 160 cm³/mol. The summed E-state index contributed by atoms with van der Waals surface area (Å²) in [5.41, 5.74) is -4.12. The zero-order valence-electron chi connectivity index (χ0n) is 26.9. The van der Waals surface area contributed by atoms with Gasteiger partial charge < -0.3 is 29.1 Å². The van der Waals surface area contributed by atoms with Gasteiger partial charge in [-0.05, 0) is 58.5 Å². The van der Waals surface area contributed by atoms with Gasteiger partial charge in [0.05, 0.1) is 32.0 Å². The minimum atomic E-state index is -1.80. The Kier molecular flexibility index (Phi) is 5.63. The summed E-state index contributed by atoms with van der Waals surface area (Å²) in [4.78, 5) is 43.4. The monoisotopic (exact) mass is 609 g/mol. The van der Waals surface area contributed by atoms with Gasteiger partial charge in [0, 0.05) is 42.6 Å². The van der Waals surface area contributed by atoms with Crippen molar-refractivity contribution in [3.8, 4) is 0 Å². The van der Waals surface area contributed by atoms with Crippen LogP contribution in [0, 0.1) is 46.3 Å². The van der Waals surface area contributed by atoms with E-state index in [4.69, 9.17) is 9.47 Å². The number of ketones is 1. The van der Waals surface area contributed by atoms with E-state index in [1.165, 1.54) is 0 Å². The van der Waals surface area contributed by atoms with Crippen LogP contribution in [0.3, 0.4) is 0 Å². The zero-order chi connectivity index (χ0) is 31.6. The Bertz CT molecular complexity index is 1420. The number of fused-ring (bicyclic) bond motifs is 9. The predicted octanol–water partition coefficient (Wildman–Crippen LogP) is 2.25. The molecule has 3 heterocycles. The van der Waals surface area contributed by atoms with Gasteiger partial charge in [-0.25, -0.2) is 0 Å². The Balaban J connectivity index is 1.28. The molecule has 0 aromatic heterocycles. The summed E-state index contributed by atoms with van der Waals surface area (Å²) in [6, 6.07) is 0. The lowest BCUT2D eigenvalue weighted by atomic mass is 9.58. The Labute approximate surface area is 260 Å². The van der Waals surface area contributed by atoms with Crippen LogP contribution in [0.2, 0.25) is 0 Å². The highest BCUT2D eigenvalue weighted by atomic mass is 16.6. The number of Topliss-reactive ketones (excluding diaryl/α,β-unsaturated/α-hetero) is 1. The highest BCUT2D eigenvalue weighted by Crippen LogP contribution is 2.78. The molecule has 8 fully saturated rings. The molecule has 8 aliphatic rings. The van der Waals surface area contributed by atoms with Crippen LogP contribution in [-0.4, -0.2) is 108 Å². The van der Waals surface area contributed by atoms with Gasteiger partial charge in [-0.15, -0.1) is 0 Å². The van der Waals surface area contributed by atoms with Gasteiger partial charge in [-0.1, -0.05) is 31.2 Å². The average molecular weight is 610 g/mol. The SMILES string of the molecule is C=C1CC[C@H]2C(CN(C)C)C(=O)O[C@@H]2[C@@H]2[C@H]1CC(=O)[C@]21CC[C@]2(O)[C@@H]3[C@H]4OC(=O)C5C[N+](C)(C)[C@]54CCC(=C)[C@]3(C)C[C@@]21O. The van der Waals surface area contributed by atoms with Crippen LogP contribution >= 0.6 is 0 Å². The third-order valence-electron chi connectivity index (χ3n) is 15.1. The molecule has 0 aromatic rings. The van der Waals surface area contributed by atoms with Crippen LogP contribution in [-0.2, 0) is 23.9 Å². The topological polar surface area (TPSA) is 113 Å². The summed E-state index contributed by atoms with van der Waals surface area (Å²) in [6.07, 6.45) is 2.66. The second kappa shape index (κ2) is 8.44. The Morgan fingerprint density at radius 3 is 2.43 bits per heavy atom. The van der Waals surface area contributed by atoms with E-state index in [0.29, 0.717) is 36.8 Å². The first kappa shape index (κ1) is 29.3. The van der Waals surface area contributed by atoms with Crippen LogP contribution in [0.4, 0.5) is 0 Å². The summed E-state index contributed by atoms with van der Waals surface area (Å²) >= 11 is 0. The molecule has 0 aromatic carbocycles. The summed E-state index contributed by atoms with van der Waals surface area (Å²) in [6.45, 7) is 12.3. The third-order valence-corrected chi connectivity index (χ3v) is 15.1. The maximum atomic E-state index is 14.6. The number of ether oxygens (including phenoxy) is 2. The molecule has 3 aliphatic heterocycles. The van der Waals surface area contributed by atoms with Gasteiger partial charge in [0.25, 0.3) is 0 Å². The molecule has 2 spiro atoms. The molecule has 240 valence electrons. The Morgan fingerprint density at radius 1 is 1.02 bits per heavy atom. The summed E-state index contributed by atoms with van der Waals surface area (Å²) in [7, 11) is 8.18. The molecule has 44 heavy (non-hydrogen) atoms. The highest BCUT2D eigenvalue weighted by molar-refractivity contribution is 5.91. The second-order valence-electron chi connectivity index (χ2n) is 17.1. The van der Waals surface area contributed by atoms with E-state index in [1.54, 1.807) is 0 Å². The van der Waals surface area contributed by atoms with Crippen LogP contribution in [0.15, 0.2) is 24.3 Å². The smallest absolute Gasteiger partial charge is 0.321 e. The van der Waals surface area contributed by atoms with Crippen molar-refractivity contribution < 1.29 is 38.6 Å². The molecule has 0 amide bonds.